The number of hydrogen-bond donors (Lipinski definition) is 0. The van der Waals surface area contributed by atoms with E-state index in [-0.39, 0.29) is 11.7 Å². The Kier molecular flexibility index (Phi) is 2.81. The van der Waals surface area contributed by atoms with E-state index < -0.39 is 0 Å². The van der Waals surface area contributed by atoms with Crippen molar-refractivity contribution in [2.24, 2.45) is 13.0 Å². The summed E-state index contributed by atoms with van der Waals surface area (Å²) >= 11 is 1.84. The highest BCUT2D eigenvalue weighted by molar-refractivity contribution is 7.99. The molecule has 0 amide bonds. The molecule has 0 radical (unpaired) electrons. The smallest absolute Gasteiger partial charge is 0.182 e. The van der Waals surface area contributed by atoms with Crippen LogP contribution in [-0.4, -0.2) is 37.5 Å². The Hall–Kier alpha value is -0.910. The van der Waals surface area contributed by atoms with Crippen molar-refractivity contribution in [1.29, 1.82) is 0 Å². The molecule has 0 aromatic carbocycles. The van der Waals surface area contributed by atoms with E-state index in [1.54, 1.807) is 7.05 Å². The summed E-state index contributed by atoms with van der Waals surface area (Å²) < 4.78 is 0. The number of aromatic nitrogens is 4. The number of aryl methyl sites for hydroxylation is 1. The number of ketones is 1. The first-order valence-corrected chi connectivity index (χ1v) is 5.74. The van der Waals surface area contributed by atoms with Crippen molar-refractivity contribution in [2.75, 3.05) is 11.5 Å². The summed E-state index contributed by atoms with van der Waals surface area (Å²) in [7, 11) is 1.70. The third-order valence-corrected chi connectivity index (χ3v) is 3.43. The highest BCUT2D eigenvalue weighted by atomic mass is 32.2. The minimum Gasteiger partial charge on any atom is -0.299 e. The van der Waals surface area contributed by atoms with Gasteiger partial charge >= 0.3 is 0 Å². The van der Waals surface area contributed by atoms with Crippen LogP contribution in [0.25, 0.3) is 0 Å². The maximum Gasteiger partial charge on any atom is 0.182 e. The van der Waals surface area contributed by atoms with Crippen molar-refractivity contribution < 1.29 is 4.79 Å². The van der Waals surface area contributed by atoms with Gasteiger partial charge in [-0.25, -0.2) is 0 Å². The molecule has 1 aliphatic heterocycles. The van der Waals surface area contributed by atoms with Crippen LogP contribution in [0.4, 0.5) is 0 Å². The fourth-order valence-electron chi connectivity index (χ4n) is 1.48. The zero-order valence-corrected chi connectivity index (χ0v) is 8.83. The van der Waals surface area contributed by atoms with Crippen LogP contribution in [0.2, 0.25) is 0 Å². The number of carbonyl (C=O) groups excluding carboxylic acids is 1. The highest BCUT2D eigenvalue weighted by Crippen LogP contribution is 2.24. The Balaban J connectivity index is 1.93. The third-order valence-electron chi connectivity index (χ3n) is 2.27. The molecule has 6 heteroatoms. The van der Waals surface area contributed by atoms with E-state index in [1.807, 2.05) is 11.8 Å². The summed E-state index contributed by atoms with van der Waals surface area (Å²) in [4.78, 5) is 13.1. The Morgan fingerprint density at radius 2 is 2.57 bits per heavy atom. The molecule has 1 unspecified atom stereocenters. The summed E-state index contributed by atoms with van der Waals surface area (Å²) in [6.07, 6.45) is 1.34. The predicted octanol–water partition coefficient (Wildman–Crippen LogP) is 0.0748. The maximum absolute atomic E-state index is 11.7. The SMILES string of the molecule is Cn1nnc(CC(=O)C2CCSC2)n1. The lowest BCUT2D eigenvalue weighted by Gasteiger charge is -2.03. The predicted molar refractivity (Wildman–Crippen MR) is 52.9 cm³/mol. The molecule has 1 aromatic rings. The molecule has 2 heterocycles. The van der Waals surface area contributed by atoms with Gasteiger partial charge in [-0.2, -0.15) is 16.6 Å². The number of Topliss-reactive ketones (excluding diaryl/α,β-unsaturated/α-hetero) is 1. The summed E-state index contributed by atoms with van der Waals surface area (Å²) in [5.74, 6) is 3.06. The lowest BCUT2D eigenvalue weighted by Crippen LogP contribution is -2.16. The molecule has 1 fully saturated rings. The van der Waals surface area contributed by atoms with Gasteiger partial charge in [0.05, 0.1) is 13.5 Å². The molecule has 2 rings (SSSR count). The number of thioether (sulfide) groups is 1. The second kappa shape index (κ2) is 4.08. The molecule has 1 saturated heterocycles. The average molecular weight is 212 g/mol. The molecule has 0 bridgehead atoms. The van der Waals surface area contributed by atoms with E-state index in [0.29, 0.717) is 12.2 Å². The average Bonchev–Trinajstić information content (AvgIpc) is 2.75. The third kappa shape index (κ3) is 2.12. The van der Waals surface area contributed by atoms with Gasteiger partial charge in [0.25, 0.3) is 0 Å². The molecule has 1 aromatic heterocycles. The van der Waals surface area contributed by atoms with Gasteiger partial charge in [-0.3, -0.25) is 4.79 Å². The summed E-state index contributed by atoms with van der Waals surface area (Å²) in [5, 5.41) is 11.5. The van der Waals surface area contributed by atoms with Crippen molar-refractivity contribution in [1.82, 2.24) is 20.2 Å². The zero-order valence-electron chi connectivity index (χ0n) is 8.01. The van der Waals surface area contributed by atoms with Crippen LogP contribution in [0, 0.1) is 5.92 Å². The normalized spacial score (nSPS) is 21.4. The topological polar surface area (TPSA) is 60.7 Å². The molecule has 1 atom stereocenters. The maximum atomic E-state index is 11.7. The number of tetrazole rings is 1. The van der Waals surface area contributed by atoms with Crippen LogP contribution in [0.1, 0.15) is 12.2 Å². The molecule has 5 nitrogen and oxygen atoms in total. The van der Waals surface area contributed by atoms with Crippen molar-refractivity contribution >= 4 is 17.5 Å². The number of hydrogen-bond acceptors (Lipinski definition) is 5. The Bertz CT molecular complexity index is 332. The largest absolute Gasteiger partial charge is 0.299 e. The molecule has 0 spiro atoms. The van der Waals surface area contributed by atoms with Crippen LogP contribution in [0.3, 0.4) is 0 Å². The van der Waals surface area contributed by atoms with Crippen molar-refractivity contribution in [3.63, 3.8) is 0 Å². The Morgan fingerprint density at radius 3 is 3.14 bits per heavy atom. The molecule has 1 aliphatic rings. The molecule has 0 saturated carbocycles. The lowest BCUT2D eigenvalue weighted by molar-refractivity contribution is -0.121. The van der Waals surface area contributed by atoms with Crippen molar-refractivity contribution in [2.45, 2.75) is 12.8 Å². The van der Waals surface area contributed by atoms with E-state index in [2.05, 4.69) is 15.4 Å². The second-order valence-corrected chi connectivity index (χ2v) is 4.55. The summed E-state index contributed by atoms with van der Waals surface area (Å²) in [6, 6.07) is 0. The van der Waals surface area contributed by atoms with E-state index in [1.165, 1.54) is 4.80 Å². The van der Waals surface area contributed by atoms with Crippen molar-refractivity contribution in [3.8, 4) is 0 Å². The van der Waals surface area contributed by atoms with Crippen LogP contribution in [0.15, 0.2) is 0 Å². The first-order valence-electron chi connectivity index (χ1n) is 4.59. The van der Waals surface area contributed by atoms with Crippen molar-refractivity contribution in [3.05, 3.63) is 5.82 Å². The Labute approximate surface area is 86.2 Å². The molecule has 14 heavy (non-hydrogen) atoms. The Morgan fingerprint density at radius 1 is 1.71 bits per heavy atom. The number of nitrogens with zero attached hydrogens (tertiary/aromatic N) is 4. The molecule has 0 N–H and O–H groups in total. The van der Waals surface area contributed by atoms with Gasteiger partial charge < -0.3 is 0 Å². The molecule has 0 aliphatic carbocycles. The fraction of sp³-hybridized carbons (Fsp3) is 0.750. The fourth-order valence-corrected chi connectivity index (χ4v) is 2.74. The van der Waals surface area contributed by atoms with Gasteiger partial charge in [0, 0.05) is 11.7 Å². The number of carbonyl (C=O) groups is 1. The quantitative estimate of drug-likeness (QED) is 0.710. The minimum atomic E-state index is 0.212. The summed E-state index contributed by atoms with van der Waals surface area (Å²) in [5.41, 5.74) is 0. The van der Waals surface area contributed by atoms with Gasteiger partial charge in [-0.15, -0.1) is 10.2 Å². The van der Waals surface area contributed by atoms with E-state index >= 15 is 0 Å². The van der Waals surface area contributed by atoms with Gasteiger partial charge in [-0.05, 0) is 17.4 Å². The first kappa shape index (κ1) is 9.64. The molecular weight excluding hydrogens is 200 g/mol. The molecular formula is C8H12N4OS. The summed E-state index contributed by atoms with van der Waals surface area (Å²) in [6.45, 7) is 0. The van der Waals surface area contributed by atoms with Gasteiger partial charge in [0.15, 0.2) is 5.82 Å². The van der Waals surface area contributed by atoms with Gasteiger partial charge in [0.1, 0.15) is 5.78 Å². The number of rotatable bonds is 3. The van der Waals surface area contributed by atoms with E-state index in [4.69, 9.17) is 0 Å². The standard InChI is InChI=1S/C8H12N4OS/c1-12-10-8(9-11-12)4-7(13)6-2-3-14-5-6/h6H,2-5H2,1H3. The van der Waals surface area contributed by atoms with E-state index in [0.717, 1.165) is 17.9 Å². The van der Waals surface area contributed by atoms with Crippen LogP contribution in [-0.2, 0) is 18.3 Å². The minimum absolute atomic E-state index is 0.212. The van der Waals surface area contributed by atoms with Gasteiger partial charge in [-0.1, -0.05) is 0 Å². The van der Waals surface area contributed by atoms with Crippen LogP contribution < -0.4 is 0 Å². The zero-order chi connectivity index (χ0) is 9.97. The first-order chi connectivity index (χ1) is 6.75. The molecule has 76 valence electrons. The van der Waals surface area contributed by atoms with Crippen LogP contribution in [0.5, 0.6) is 0 Å². The second-order valence-electron chi connectivity index (χ2n) is 3.40. The lowest BCUT2D eigenvalue weighted by atomic mass is 10.0. The van der Waals surface area contributed by atoms with Gasteiger partial charge in [0.2, 0.25) is 0 Å². The van der Waals surface area contributed by atoms with E-state index in [9.17, 15) is 4.79 Å². The van der Waals surface area contributed by atoms with Crippen LogP contribution >= 0.6 is 11.8 Å². The highest BCUT2D eigenvalue weighted by Gasteiger charge is 2.24. The monoisotopic (exact) mass is 212 g/mol.